The number of phenols is 1. The second kappa shape index (κ2) is 6.74. The normalized spacial score (nSPS) is 10.9. The Kier molecular flexibility index (Phi) is 4.77. The number of amides is 1. The van der Waals surface area contributed by atoms with Crippen molar-refractivity contribution in [3.8, 4) is 11.8 Å². The van der Waals surface area contributed by atoms with Crippen LogP contribution < -0.4 is 5.32 Å². The molecule has 0 saturated carbocycles. The number of phenolic OH excluding ortho intramolecular Hbond substituents is 1. The van der Waals surface area contributed by atoms with E-state index >= 15 is 0 Å². The molecule has 110 valence electrons. The Labute approximate surface area is 131 Å². The minimum atomic E-state index is -0.701. The molecule has 2 aromatic rings. The highest BCUT2D eigenvalue weighted by atomic mass is 35.5. The molecule has 0 heterocycles. The molecule has 0 aliphatic heterocycles. The number of rotatable bonds is 3. The summed E-state index contributed by atoms with van der Waals surface area (Å²) in [6.07, 6.45) is 1.09. The van der Waals surface area contributed by atoms with Crippen molar-refractivity contribution in [3.05, 3.63) is 64.4 Å². The first kappa shape index (κ1) is 15.5. The third-order valence-electron chi connectivity index (χ3n) is 2.78. The van der Waals surface area contributed by atoms with Gasteiger partial charge >= 0.3 is 0 Å². The molecule has 2 N–H and O–H groups in total. The number of benzene rings is 2. The lowest BCUT2D eigenvalue weighted by Crippen LogP contribution is -2.13. The lowest BCUT2D eigenvalue weighted by Gasteiger charge is -2.05. The van der Waals surface area contributed by atoms with Crippen LogP contribution in [0.15, 0.2) is 48.0 Å². The Balaban J connectivity index is 2.28. The average Bonchev–Trinajstić information content (AvgIpc) is 2.49. The zero-order valence-electron chi connectivity index (χ0n) is 11.2. The first-order valence-corrected chi connectivity index (χ1v) is 6.55. The number of carbonyl (C=O) groups excluding carboxylic acids is 1. The molecule has 0 bridgehead atoms. The van der Waals surface area contributed by atoms with Crippen LogP contribution in [0.4, 0.5) is 10.1 Å². The molecule has 0 fully saturated rings. The van der Waals surface area contributed by atoms with Crippen molar-refractivity contribution in [2.45, 2.75) is 0 Å². The van der Waals surface area contributed by atoms with E-state index in [0.29, 0.717) is 5.69 Å². The van der Waals surface area contributed by atoms with Crippen LogP contribution >= 0.6 is 11.6 Å². The Morgan fingerprint density at radius 1 is 1.27 bits per heavy atom. The molecule has 4 nitrogen and oxygen atoms in total. The van der Waals surface area contributed by atoms with Crippen molar-refractivity contribution in [2.75, 3.05) is 5.32 Å². The Bertz CT molecular complexity index is 759. The first-order valence-electron chi connectivity index (χ1n) is 6.17. The van der Waals surface area contributed by atoms with Gasteiger partial charge in [0.05, 0.1) is 5.02 Å². The van der Waals surface area contributed by atoms with Gasteiger partial charge in [-0.2, -0.15) is 5.26 Å². The van der Waals surface area contributed by atoms with Gasteiger partial charge < -0.3 is 10.4 Å². The summed E-state index contributed by atoms with van der Waals surface area (Å²) in [7, 11) is 0. The van der Waals surface area contributed by atoms with Gasteiger partial charge in [-0.25, -0.2) is 4.39 Å². The van der Waals surface area contributed by atoms with E-state index in [9.17, 15) is 9.18 Å². The number of carbonyl (C=O) groups is 1. The standard InChI is InChI=1S/C16H10ClFN2O2/c17-14-2-1-3-15(18)13(14)8-10(9-19)16(22)20-11-4-6-12(21)7-5-11/h1-8,21H,(H,20,22). The van der Waals surface area contributed by atoms with Gasteiger partial charge in [-0.3, -0.25) is 4.79 Å². The molecule has 0 saturated heterocycles. The van der Waals surface area contributed by atoms with Gasteiger partial charge in [-0.1, -0.05) is 17.7 Å². The summed E-state index contributed by atoms with van der Waals surface area (Å²) in [5.41, 5.74) is 0.0743. The molecule has 1 amide bonds. The predicted octanol–water partition coefficient (Wildman–Crippen LogP) is 3.73. The molecule has 0 aliphatic rings. The highest BCUT2D eigenvalue weighted by Crippen LogP contribution is 2.22. The topological polar surface area (TPSA) is 73.1 Å². The first-order chi connectivity index (χ1) is 10.5. The molecule has 0 radical (unpaired) electrons. The van der Waals surface area contributed by atoms with E-state index in [1.165, 1.54) is 42.5 Å². The van der Waals surface area contributed by atoms with Crippen LogP contribution in [0.1, 0.15) is 5.56 Å². The van der Waals surface area contributed by atoms with Gasteiger partial charge in [-0.05, 0) is 42.5 Å². The minimum absolute atomic E-state index is 0.0263. The third kappa shape index (κ3) is 3.62. The van der Waals surface area contributed by atoms with Gasteiger partial charge in [0.2, 0.25) is 0 Å². The fourth-order valence-corrected chi connectivity index (χ4v) is 1.90. The zero-order chi connectivity index (χ0) is 16.1. The molecule has 6 heteroatoms. The van der Waals surface area contributed by atoms with E-state index in [4.69, 9.17) is 22.0 Å². The van der Waals surface area contributed by atoms with Crippen molar-refractivity contribution in [3.63, 3.8) is 0 Å². The summed E-state index contributed by atoms with van der Waals surface area (Å²) < 4.78 is 13.7. The predicted molar refractivity (Wildman–Crippen MR) is 81.7 cm³/mol. The van der Waals surface area contributed by atoms with Crippen LogP contribution in [0.25, 0.3) is 6.08 Å². The van der Waals surface area contributed by atoms with Crippen molar-refractivity contribution < 1.29 is 14.3 Å². The van der Waals surface area contributed by atoms with Gasteiger partial charge in [0.1, 0.15) is 23.2 Å². The number of hydrogen-bond acceptors (Lipinski definition) is 3. The molecule has 2 rings (SSSR count). The molecule has 0 unspecified atom stereocenters. The number of nitrogens with one attached hydrogen (secondary N) is 1. The largest absolute Gasteiger partial charge is 0.508 e. The number of aromatic hydroxyl groups is 1. The molecular weight excluding hydrogens is 307 g/mol. The van der Waals surface area contributed by atoms with Gasteiger partial charge in [0.15, 0.2) is 0 Å². The van der Waals surface area contributed by atoms with Crippen molar-refractivity contribution in [1.29, 1.82) is 5.26 Å². The minimum Gasteiger partial charge on any atom is -0.508 e. The summed E-state index contributed by atoms with van der Waals surface area (Å²) in [6, 6.07) is 11.5. The lowest BCUT2D eigenvalue weighted by molar-refractivity contribution is -0.112. The van der Waals surface area contributed by atoms with Crippen molar-refractivity contribution >= 4 is 29.3 Å². The lowest BCUT2D eigenvalue weighted by atomic mass is 10.1. The summed E-state index contributed by atoms with van der Waals surface area (Å²) >= 11 is 5.86. The molecule has 0 aliphatic carbocycles. The Morgan fingerprint density at radius 3 is 2.55 bits per heavy atom. The number of halogens is 2. The molecule has 0 atom stereocenters. The van der Waals surface area contributed by atoms with E-state index < -0.39 is 11.7 Å². The van der Waals surface area contributed by atoms with E-state index in [2.05, 4.69) is 5.32 Å². The maximum atomic E-state index is 13.7. The summed E-state index contributed by atoms with van der Waals surface area (Å²) in [5, 5.41) is 20.8. The number of hydrogen-bond donors (Lipinski definition) is 2. The highest BCUT2D eigenvalue weighted by molar-refractivity contribution is 6.32. The number of nitrogens with zero attached hydrogens (tertiary/aromatic N) is 1. The SMILES string of the molecule is N#CC(=Cc1c(F)cccc1Cl)C(=O)Nc1ccc(O)cc1. The second-order valence-corrected chi connectivity index (χ2v) is 4.71. The van der Waals surface area contributed by atoms with Crippen molar-refractivity contribution in [2.24, 2.45) is 0 Å². The van der Waals surface area contributed by atoms with Crippen LogP contribution in [0.2, 0.25) is 5.02 Å². The Hall–Kier alpha value is -2.84. The molecule has 2 aromatic carbocycles. The van der Waals surface area contributed by atoms with Crippen LogP contribution in [-0.4, -0.2) is 11.0 Å². The van der Waals surface area contributed by atoms with Gasteiger partial charge in [0.25, 0.3) is 5.91 Å². The summed E-state index contributed by atoms with van der Waals surface area (Å²) in [4.78, 5) is 12.0. The van der Waals surface area contributed by atoms with E-state index in [0.717, 1.165) is 6.08 Å². The third-order valence-corrected chi connectivity index (χ3v) is 3.11. The quantitative estimate of drug-likeness (QED) is 0.515. The monoisotopic (exact) mass is 316 g/mol. The molecule has 0 aromatic heterocycles. The molecular formula is C16H10ClFN2O2. The maximum absolute atomic E-state index is 13.7. The smallest absolute Gasteiger partial charge is 0.266 e. The van der Waals surface area contributed by atoms with Crippen LogP contribution in [-0.2, 0) is 4.79 Å². The zero-order valence-corrected chi connectivity index (χ0v) is 11.9. The summed E-state index contributed by atoms with van der Waals surface area (Å²) in [5.74, 6) is -1.28. The fourth-order valence-electron chi connectivity index (χ4n) is 1.68. The van der Waals surface area contributed by atoms with E-state index in [-0.39, 0.29) is 21.9 Å². The van der Waals surface area contributed by atoms with Crippen LogP contribution in [0.3, 0.4) is 0 Å². The van der Waals surface area contributed by atoms with Crippen LogP contribution in [0, 0.1) is 17.1 Å². The average molecular weight is 317 g/mol. The number of anilines is 1. The molecule has 22 heavy (non-hydrogen) atoms. The van der Waals surface area contributed by atoms with Crippen LogP contribution in [0.5, 0.6) is 5.75 Å². The Morgan fingerprint density at radius 2 is 1.95 bits per heavy atom. The van der Waals surface area contributed by atoms with Gasteiger partial charge in [0, 0.05) is 11.3 Å². The summed E-state index contributed by atoms with van der Waals surface area (Å²) in [6.45, 7) is 0. The maximum Gasteiger partial charge on any atom is 0.266 e. The second-order valence-electron chi connectivity index (χ2n) is 4.31. The van der Waals surface area contributed by atoms with E-state index in [1.54, 1.807) is 6.07 Å². The van der Waals surface area contributed by atoms with E-state index in [1.807, 2.05) is 0 Å². The molecule has 0 spiro atoms. The highest BCUT2D eigenvalue weighted by Gasteiger charge is 2.12. The van der Waals surface area contributed by atoms with Crippen molar-refractivity contribution in [1.82, 2.24) is 0 Å². The fraction of sp³-hybridized carbons (Fsp3) is 0. The van der Waals surface area contributed by atoms with Gasteiger partial charge in [-0.15, -0.1) is 0 Å². The number of nitriles is 1.